The fourth-order valence-electron chi connectivity index (χ4n) is 2.92. The molecule has 0 heterocycles. The van der Waals surface area contributed by atoms with Crippen LogP contribution in [-0.2, 0) is 9.59 Å². The Labute approximate surface area is 154 Å². The summed E-state index contributed by atoms with van der Waals surface area (Å²) in [6.45, 7) is 4.40. The number of carboxylic acid groups (broad SMARTS) is 1. The number of aliphatic carboxylic acids is 1. The van der Waals surface area contributed by atoms with Crippen LogP contribution in [0.1, 0.15) is 49.8 Å². The Hall–Kier alpha value is -2.82. The number of rotatable bonds is 9. The first kappa shape index (κ1) is 19.5. The van der Waals surface area contributed by atoms with Gasteiger partial charge < -0.3 is 15.2 Å². The molecule has 0 aromatic heterocycles. The Morgan fingerprint density at radius 1 is 1.00 bits per heavy atom. The quantitative estimate of drug-likeness (QED) is 0.715. The molecule has 2 rings (SSSR count). The molecule has 26 heavy (non-hydrogen) atoms. The van der Waals surface area contributed by atoms with Gasteiger partial charge in [-0.2, -0.15) is 0 Å². The lowest BCUT2D eigenvalue weighted by Gasteiger charge is -2.22. The summed E-state index contributed by atoms with van der Waals surface area (Å²) >= 11 is 0. The van der Waals surface area contributed by atoms with Crippen molar-refractivity contribution in [2.45, 2.75) is 38.6 Å². The van der Waals surface area contributed by atoms with Crippen LogP contribution in [0.25, 0.3) is 0 Å². The number of carbonyl (C=O) groups is 2. The van der Waals surface area contributed by atoms with Gasteiger partial charge >= 0.3 is 5.97 Å². The summed E-state index contributed by atoms with van der Waals surface area (Å²) < 4.78 is 5.41. The lowest BCUT2D eigenvalue weighted by molar-refractivity contribution is -0.137. The maximum atomic E-state index is 12.8. The minimum atomic E-state index is -0.961. The monoisotopic (exact) mass is 355 g/mol. The van der Waals surface area contributed by atoms with E-state index in [1.165, 1.54) is 0 Å². The van der Waals surface area contributed by atoms with Crippen molar-refractivity contribution in [3.8, 4) is 5.75 Å². The number of hydrogen-bond donors (Lipinski definition) is 2. The molecule has 0 aliphatic carbocycles. The highest BCUT2D eigenvalue weighted by molar-refractivity contribution is 5.84. The van der Waals surface area contributed by atoms with Gasteiger partial charge in [-0.1, -0.05) is 49.4 Å². The standard InChI is InChI=1S/C21H25NO4/c1-3-18(15-8-6-5-7-9-15)21(25)22-19(14-20(23)24)16-10-12-17(13-11-16)26-4-2/h5-13,18-19H,3-4,14H2,1-2H3,(H,22,25)(H,23,24)/t18-,19-/m1/s1. The van der Waals surface area contributed by atoms with Gasteiger partial charge in [-0.05, 0) is 36.6 Å². The van der Waals surface area contributed by atoms with Crippen LogP contribution in [0.3, 0.4) is 0 Å². The number of ether oxygens (including phenoxy) is 1. The first-order chi connectivity index (χ1) is 12.5. The van der Waals surface area contributed by atoms with Gasteiger partial charge in [0.05, 0.1) is 25.0 Å². The zero-order valence-corrected chi connectivity index (χ0v) is 15.1. The SMILES string of the molecule is CCOc1ccc([C@@H](CC(=O)O)NC(=O)[C@H](CC)c2ccccc2)cc1. The van der Waals surface area contributed by atoms with Crippen molar-refractivity contribution in [3.05, 3.63) is 65.7 Å². The summed E-state index contributed by atoms with van der Waals surface area (Å²) in [5, 5.41) is 12.1. The van der Waals surface area contributed by atoms with Gasteiger partial charge in [-0.25, -0.2) is 0 Å². The van der Waals surface area contributed by atoms with Gasteiger partial charge in [0.25, 0.3) is 0 Å². The first-order valence-electron chi connectivity index (χ1n) is 8.85. The van der Waals surface area contributed by atoms with E-state index < -0.39 is 12.0 Å². The lowest BCUT2D eigenvalue weighted by Crippen LogP contribution is -2.34. The van der Waals surface area contributed by atoms with Gasteiger partial charge in [0.1, 0.15) is 5.75 Å². The van der Waals surface area contributed by atoms with E-state index in [0.29, 0.717) is 18.8 Å². The van der Waals surface area contributed by atoms with Crippen molar-refractivity contribution in [3.63, 3.8) is 0 Å². The summed E-state index contributed by atoms with van der Waals surface area (Å²) in [7, 11) is 0. The predicted octanol–water partition coefficient (Wildman–Crippen LogP) is 3.91. The average Bonchev–Trinajstić information content (AvgIpc) is 2.63. The molecule has 1 amide bonds. The van der Waals surface area contributed by atoms with E-state index >= 15 is 0 Å². The van der Waals surface area contributed by atoms with Gasteiger partial charge in [-0.15, -0.1) is 0 Å². The maximum Gasteiger partial charge on any atom is 0.305 e. The molecule has 2 N–H and O–H groups in total. The highest BCUT2D eigenvalue weighted by Gasteiger charge is 2.24. The molecule has 2 atom stereocenters. The molecule has 2 aromatic rings. The smallest absolute Gasteiger partial charge is 0.305 e. The van der Waals surface area contributed by atoms with Crippen molar-refractivity contribution in [1.82, 2.24) is 5.32 Å². The fraction of sp³-hybridized carbons (Fsp3) is 0.333. The predicted molar refractivity (Wildman–Crippen MR) is 100 cm³/mol. The highest BCUT2D eigenvalue weighted by atomic mass is 16.5. The number of hydrogen-bond acceptors (Lipinski definition) is 3. The number of carbonyl (C=O) groups excluding carboxylic acids is 1. The highest BCUT2D eigenvalue weighted by Crippen LogP contribution is 2.24. The van der Waals surface area contributed by atoms with Crippen LogP contribution in [0, 0.1) is 0 Å². The first-order valence-corrected chi connectivity index (χ1v) is 8.85. The zero-order chi connectivity index (χ0) is 18.9. The van der Waals surface area contributed by atoms with Crippen molar-refractivity contribution in [1.29, 1.82) is 0 Å². The van der Waals surface area contributed by atoms with Crippen LogP contribution >= 0.6 is 0 Å². The third kappa shape index (κ3) is 5.34. The van der Waals surface area contributed by atoms with Crippen molar-refractivity contribution >= 4 is 11.9 Å². The second kappa shape index (κ2) is 9.61. The van der Waals surface area contributed by atoms with Crippen molar-refractivity contribution < 1.29 is 19.4 Å². The van der Waals surface area contributed by atoms with E-state index in [4.69, 9.17) is 4.74 Å². The van der Waals surface area contributed by atoms with Crippen LogP contribution in [0.4, 0.5) is 0 Å². The molecular formula is C21H25NO4. The van der Waals surface area contributed by atoms with Gasteiger partial charge in [-0.3, -0.25) is 9.59 Å². The summed E-state index contributed by atoms with van der Waals surface area (Å²) in [5.41, 5.74) is 1.67. The molecule has 0 radical (unpaired) electrons. The molecule has 138 valence electrons. The number of nitrogens with one attached hydrogen (secondary N) is 1. The van der Waals surface area contributed by atoms with Gasteiger partial charge in [0, 0.05) is 0 Å². The zero-order valence-electron chi connectivity index (χ0n) is 15.1. The maximum absolute atomic E-state index is 12.8. The minimum absolute atomic E-state index is 0.168. The Kier molecular flexibility index (Phi) is 7.21. The molecule has 5 nitrogen and oxygen atoms in total. The summed E-state index contributed by atoms with van der Waals surface area (Å²) in [4.78, 5) is 24.0. The van der Waals surface area contributed by atoms with Crippen LogP contribution < -0.4 is 10.1 Å². The lowest BCUT2D eigenvalue weighted by atomic mass is 9.94. The fourth-order valence-corrected chi connectivity index (χ4v) is 2.92. The molecule has 0 fully saturated rings. The van der Waals surface area contributed by atoms with E-state index in [-0.39, 0.29) is 18.2 Å². The molecule has 0 aliphatic heterocycles. The van der Waals surface area contributed by atoms with E-state index in [9.17, 15) is 14.7 Å². The van der Waals surface area contributed by atoms with E-state index in [1.54, 1.807) is 24.3 Å². The van der Waals surface area contributed by atoms with E-state index in [1.807, 2.05) is 44.2 Å². The van der Waals surface area contributed by atoms with Crippen LogP contribution in [0.15, 0.2) is 54.6 Å². The topological polar surface area (TPSA) is 75.6 Å². The third-order valence-corrected chi connectivity index (χ3v) is 4.22. The van der Waals surface area contributed by atoms with E-state index in [2.05, 4.69) is 5.32 Å². The Balaban J connectivity index is 2.18. The molecule has 0 saturated heterocycles. The largest absolute Gasteiger partial charge is 0.494 e. The Morgan fingerprint density at radius 3 is 2.19 bits per heavy atom. The third-order valence-electron chi connectivity index (χ3n) is 4.22. The Bertz CT molecular complexity index is 713. The molecule has 0 spiro atoms. The summed E-state index contributed by atoms with van der Waals surface area (Å²) in [6.07, 6.45) is 0.462. The number of benzene rings is 2. The van der Waals surface area contributed by atoms with Crippen LogP contribution in [0.5, 0.6) is 5.75 Å². The molecular weight excluding hydrogens is 330 g/mol. The Morgan fingerprint density at radius 2 is 1.65 bits per heavy atom. The van der Waals surface area contributed by atoms with E-state index in [0.717, 1.165) is 11.1 Å². The van der Waals surface area contributed by atoms with Crippen LogP contribution in [-0.4, -0.2) is 23.6 Å². The molecule has 0 aliphatic rings. The molecule has 0 saturated carbocycles. The van der Waals surface area contributed by atoms with Crippen LogP contribution in [0.2, 0.25) is 0 Å². The molecule has 0 unspecified atom stereocenters. The molecule has 2 aromatic carbocycles. The minimum Gasteiger partial charge on any atom is -0.494 e. The van der Waals surface area contributed by atoms with Gasteiger partial charge in [0.15, 0.2) is 0 Å². The second-order valence-electron chi connectivity index (χ2n) is 6.03. The average molecular weight is 355 g/mol. The molecule has 0 bridgehead atoms. The normalized spacial score (nSPS) is 12.8. The number of amides is 1. The molecule has 5 heteroatoms. The van der Waals surface area contributed by atoms with Gasteiger partial charge in [0.2, 0.25) is 5.91 Å². The van der Waals surface area contributed by atoms with Crippen molar-refractivity contribution in [2.24, 2.45) is 0 Å². The summed E-state index contributed by atoms with van der Waals surface area (Å²) in [6, 6.07) is 16.1. The van der Waals surface area contributed by atoms with Crippen molar-refractivity contribution in [2.75, 3.05) is 6.61 Å². The number of carboxylic acids is 1. The second-order valence-corrected chi connectivity index (χ2v) is 6.03. The summed E-state index contributed by atoms with van der Waals surface area (Å²) in [5.74, 6) is -0.724.